The summed E-state index contributed by atoms with van der Waals surface area (Å²) in [6.07, 6.45) is 0.731. The van der Waals surface area contributed by atoms with Crippen LogP contribution in [-0.2, 0) is 11.2 Å². The van der Waals surface area contributed by atoms with Crippen LogP contribution in [0.2, 0.25) is 5.02 Å². The molecule has 2 N–H and O–H groups in total. The predicted octanol–water partition coefficient (Wildman–Crippen LogP) is 4.21. The maximum Gasteiger partial charge on any atom is 0.240 e. The fraction of sp³-hybridized carbons (Fsp3) is 0.286. The summed E-state index contributed by atoms with van der Waals surface area (Å²) in [5.74, 6) is 1.44. The average Bonchev–Trinajstić information content (AvgIpc) is 3.17. The first kappa shape index (κ1) is 20.6. The summed E-state index contributed by atoms with van der Waals surface area (Å²) >= 11 is 7.61. The van der Waals surface area contributed by atoms with Gasteiger partial charge < -0.3 is 15.5 Å². The number of methoxy groups -OCH3 is 1. The van der Waals surface area contributed by atoms with Crippen molar-refractivity contribution in [2.45, 2.75) is 36.7 Å². The third-order valence-corrected chi connectivity index (χ3v) is 6.62. The zero-order valence-corrected chi connectivity index (χ0v) is 18.4. The molecule has 2 heterocycles. The quantitative estimate of drug-likeness (QED) is 0.614. The summed E-state index contributed by atoms with van der Waals surface area (Å²) in [5, 5.41) is 12.3. The number of rotatable bonds is 5. The van der Waals surface area contributed by atoms with Gasteiger partial charge in [0.05, 0.1) is 13.2 Å². The number of ether oxygens (including phenoxy) is 1. The smallest absolute Gasteiger partial charge is 0.240 e. The molecule has 156 valence electrons. The molecule has 1 amide bonds. The van der Waals surface area contributed by atoms with Crippen LogP contribution in [0.15, 0.2) is 47.6 Å². The maximum absolute atomic E-state index is 13.3. The van der Waals surface area contributed by atoms with Crippen LogP contribution in [0.3, 0.4) is 0 Å². The van der Waals surface area contributed by atoms with E-state index < -0.39 is 5.25 Å². The highest BCUT2D eigenvalue weighted by Gasteiger charge is 2.37. The van der Waals surface area contributed by atoms with E-state index >= 15 is 0 Å². The van der Waals surface area contributed by atoms with Crippen LogP contribution in [0.5, 0.6) is 5.75 Å². The van der Waals surface area contributed by atoms with Crippen molar-refractivity contribution in [2.75, 3.05) is 17.9 Å². The van der Waals surface area contributed by atoms with E-state index in [1.807, 2.05) is 54.9 Å². The largest absolute Gasteiger partial charge is 0.497 e. The van der Waals surface area contributed by atoms with Crippen molar-refractivity contribution in [3.63, 3.8) is 0 Å². The van der Waals surface area contributed by atoms with E-state index in [0.29, 0.717) is 15.9 Å². The Morgan fingerprint density at radius 2 is 2.03 bits per heavy atom. The third-order valence-electron chi connectivity index (χ3n) is 4.99. The molecule has 2 aromatic carbocycles. The van der Waals surface area contributed by atoms with Gasteiger partial charge in [-0.05, 0) is 42.3 Å². The summed E-state index contributed by atoms with van der Waals surface area (Å²) in [5.41, 5.74) is 6.01. The van der Waals surface area contributed by atoms with E-state index in [9.17, 15) is 4.79 Å². The number of hydrogen-bond acceptors (Lipinski definition) is 6. The Morgan fingerprint density at radius 3 is 2.70 bits per heavy atom. The number of carbonyl (C=O) groups excluding carboxylic acids is 1. The lowest BCUT2D eigenvalue weighted by molar-refractivity contribution is -0.116. The number of benzene rings is 2. The summed E-state index contributed by atoms with van der Waals surface area (Å²) in [6, 6.07) is 12.9. The molecule has 1 aromatic heterocycles. The Kier molecular flexibility index (Phi) is 5.87. The molecule has 0 unspecified atom stereocenters. The Morgan fingerprint density at radius 1 is 1.27 bits per heavy atom. The van der Waals surface area contributed by atoms with Crippen LogP contribution < -0.4 is 15.5 Å². The van der Waals surface area contributed by atoms with Gasteiger partial charge in [-0.25, -0.2) is 4.68 Å². The molecule has 3 aromatic rings. The van der Waals surface area contributed by atoms with Gasteiger partial charge in [0.15, 0.2) is 5.82 Å². The minimum Gasteiger partial charge on any atom is -0.497 e. The Hall–Kier alpha value is -2.71. The molecule has 0 fully saturated rings. The molecular weight excluding hydrogens is 422 g/mol. The molecule has 0 radical (unpaired) electrons. The van der Waals surface area contributed by atoms with Crippen molar-refractivity contribution in [3.05, 3.63) is 64.4 Å². The number of nitrogens with one attached hydrogen (secondary N) is 2. The minimum atomic E-state index is -0.458. The predicted molar refractivity (Wildman–Crippen MR) is 119 cm³/mol. The van der Waals surface area contributed by atoms with Crippen molar-refractivity contribution >= 4 is 35.0 Å². The van der Waals surface area contributed by atoms with E-state index in [0.717, 1.165) is 29.1 Å². The van der Waals surface area contributed by atoms with Crippen molar-refractivity contribution in [1.82, 2.24) is 14.9 Å². The van der Waals surface area contributed by atoms with Gasteiger partial charge in [0, 0.05) is 17.1 Å². The van der Waals surface area contributed by atoms with Crippen LogP contribution in [-0.4, -0.2) is 33.1 Å². The van der Waals surface area contributed by atoms with Crippen molar-refractivity contribution in [2.24, 2.45) is 0 Å². The minimum absolute atomic E-state index is 0.138. The number of aryl methyl sites for hydroxylation is 2. The maximum atomic E-state index is 13.3. The molecule has 0 spiro atoms. The highest BCUT2D eigenvalue weighted by Crippen LogP contribution is 2.38. The molecule has 7 nitrogen and oxygen atoms in total. The lowest BCUT2D eigenvalue weighted by Gasteiger charge is -2.33. The first-order valence-electron chi connectivity index (χ1n) is 9.58. The topological polar surface area (TPSA) is 81.1 Å². The third kappa shape index (κ3) is 3.97. The molecule has 9 heteroatoms. The number of aromatic nitrogens is 3. The Labute approximate surface area is 184 Å². The molecule has 4 rings (SSSR count). The second kappa shape index (κ2) is 8.57. The van der Waals surface area contributed by atoms with Gasteiger partial charge in [-0.15, -0.1) is 10.2 Å². The lowest BCUT2D eigenvalue weighted by Crippen LogP contribution is -2.41. The average molecular weight is 444 g/mol. The zero-order chi connectivity index (χ0) is 21.3. The van der Waals surface area contributed by atoms with Crippen LogP contribution >= 0.6 is 23.4 Å². The molecule has 1 aliphatic heterocycles. The molecule has 30 heavy (non-hydrogen) atoms. The SMILES string of the molecule is CCc1nnc2n1N[C@@H](c1ccc(OC)cc1)[C@H](C(=O)Nc1ccc(C)c(Cl)c1)S2. The van der Waals surface area contributed by atoms with Crippen molar-refractivity contribution in [1.29, 1.82) is 0 Å². The van der Waals surface area contributed by atoms with Gasteiger partial charge in [-0.3, -0.25) is 4.79 Å². The van der Waals surface area contributed by atoms with Crippen LogP contribution in [0, 0.1) is 6.92 Å². The standard InChI is InChI=1S/C21H22ClN5O2S/c1-4-17-24-25-21-27(17)26-18(13-6-9-15(29-3)10-7-13)19(30-21)20(28)23-14-8-5-12(2)16(22)11-14/h5-11,18-19,26H,4H2,1-3H3,(H,23,28)/t18-,19+/m0/s1. The summed E-state index contributed by atoms with van der Waals surface area (Å²) in [6.45, 7) is 3.94. The number of thioether (sulfide) groups is 1. The fourth-order valence-electron chi connectivity index (χ4n) is 3.27. The fourth-order valence-corrected chi connectivity index (χ4v) is 4.55. The molecule has 0 aliphatic carbocycles. The van der Waals surface area contributed by atoms with Gasteiger partial charge in [0.1, 0.15) is 11.0 Å². The van der Waals surface area contributed by atoms with Gasteiger partial charge in [-0.2, -0.15) is 0 Å². The van der Waals surface area contributed by atoms with Gasteiger partial charge in [-0.1, -0.05) is 48.5 Å². The van der Waals surface area contributed by atoms with Gasteiger partial charge in [0.25, 0.3) is 0 Å². The monoisotopic (exact) mass is 443 g/mol. The number of nitrogens with zero attached hydrogens (tertiary/aromatic N) is 3. The zero-order valence-electron chi connectivity index (χ0n) is 16.8. The van der Waals surface area contributed by atoms with E-state index in [4.69, 9.17) is 16.3 Å². The number of amides is 1. The summed E-state index contributed by atoms with van der Waals surface area (Å²) in [7, 11) is 1.63. The normalized spacial score (nSPS) is 17.7. The highest BCUT2D eigenvalue weighted by molar-refractivity contribution is 8.00. The number of carbonyl (C=O) groups is 1. The van der Waals surface area contributed by atoms with Crippen LogP contribution in [0.4, 0.5) is 5.69 Å². The molecule has 1 aliphatic rings. The second-order valence-electron chi connectivity index (χ2n) is 6.96. The van der Waals surface area contributed by atoms with Crippen LogP contribution in [0.25, 0.3) is 0 Å². The molecule has 2 atom stereocenters. The van der Waals surface area contributed by atoms with E-state index in [2.05, 4.69) is 20.9 Å². The number of anilines is 1. The van der Waals surface area contributed by atoms with Crippen molar-refractivity contribution in [3.8, 4) is 5.75 Å². The lowest BCUT2D eigenvalue weighted by atomic mass is 10.0. The number of halogens is 1. The first-order chi connectivity index (χ1) is 14.5. The number of fused-ring (bicyclic) bond motifs is 1. The second-order valence-corrected chi connectivity index (χ2v) is 8.48. The molecule has 0 bridgehead atoms. The summed E-state index contributed by atoms with van der Waals surface area (Å²) in [4.78, 5) is 13.3. The van der Waals surface area contributed by atoms with Crippen molar-refractivity contribution < 1.29 is 9.53 Å². The molecule has 0 saturated carbocycles. The molecule has 0 saturated heterocycles. The van der Waals surface area contributed by atoms with Gasteiger partial charge in [0.2, 0.25) is 11.1 Å². The summed E-state index contributed by atoms with van der Waals surface area (Å²) < 4.78 is 7.14. The van der Waals surface area contributed by atoms with E-state index in [-0.39, 0.29) is 11.9 Å². The Bertz CT molecular complexity index is 1070. The first-order valence-corrected chi connectivity index (χ1v) is 10.8. The number of hydrogen-bond donors (Lipinski definition) is 2. The highest BCUT2D eigenvalue weighted by atomic mass is 35.5. The Balaban J connectivity index is 1.66. The van der Waals surface area contributed by atoms with E-state index in [1.54, 1.807) is 13.2 Å². The van der Waals surface area contributed by atoms with E-state index in [1.165, 1.54) is 11.8 Å². The molecular formula is C21H22ClN5O2S. The van der Waals surface area contributed by atoms with Crippen LogP contribution in [0.1, 0.15) is 29.9 Å². The van der Waals surface area contributed by atoms with Gasteiger partial charge >= 0.3 is 0 Å².